The third-order valence-corrected chi connectivity index (χ3v) is 6.31. The van der Waals surface area contributed by atoms with Crippen LogP contribution in [0.4, 0.5) is 15.8 Å². The van der Waals surface area contributed by atoms with Crippen LogP contribution in [-0.2, 0) is 5.41 Å². The highest BCUT2D eigenvalue weighted by Gasteiger charge is 2.45. The van der Waals surface area contributed by atoms with Crippen molar-refractivity contribution in [2.75, 3.05) is 32.1 Å². The first-order chi connectivity index (χ1) is 13.9. The van der Waals surface area contributed by atoms with E-state index >= 15 is 0 Å². The summed E-state index contributed by atoms with van der Waals surface area (Å²) in [5, 5.41) is 0. The minimum atomic E-state index is -0.225. The molecule has 1 atom stereocenters. The Morgan fingerprint density at radius 3 is 2.41 bits per heavy atom. The van der Waals surface area contributed by atoms with E-state index in [9.17, 15) is 4.39 Å². The van der Waals surface area contributed by atoms with Crippen LogP contribution in [0, 0.1) is 5.82 Å². The fourth-order valence-electron chi connectivity index (χ4n) is 4.34. The molecule has 0 fully saturated rings. The zero-order chi connectivity index (χ0) is 21.2. The zero-order valence-electron chi connectivity index (χ0n) is 18.4. The first-order valence-electron chi connectivity index (χ1n) is 10.4. The topological polar surface area (TPSA) is 15.5 Å². The van der Waals surface area contributed by atoms with Crippen molar-refractivity contribution < 1.29 is 13.7 Å². The molecule has 3 rings (SSSR count). The second-order valence-electron chi connectivity index (χ2n) is 7.72. The summed E-state index contributed by atoms with van der Waals surface area (Å²) in [4.78, 5) is 2.30. The van der Waals surface area contributed by atoms with Gasteiger partial charge in [-0.3, -0.25) is 0 Å². The maximum Gasteiger partial charge on any atom is 0.209 e. The first kappa shape index (κ1) is 21.1. The molecule has 0 bridgehead atoms. The predicted molar refractivity (Wildman–Crippen MR) is 120 cm³/mol. The van der Waals surface area contributed by atoms with Gasteiger partial charge in [0.2, 0.25) is 5.69 Å². The standard InChI is InChI=1S/C25H32FN2O/c1-7-25(4)21-16-19(26)12-14-22(21)27(5)24(25)15-11-18-10-13-20(17-23(18)29-6)28(8-2)9-3/h10-17H,7-9H2,1-6H3/q+1. The summed E-state index contributed by atoms with van der Waals surface area (Å²) in [5.41, 5.74) is 5.25. The number of benzene rings is 2. The van der Waals surface area contributed by atoms with Crippen LogP contribution in [0.15, 0.2) is 42.5 Å². The molecule has 2 aromatic rings. The maximum atomic E-state index is 13.9. The van der Waals surface area contributed by atoms with Gasteiger partial charge in [-0.2, -0.15) is 4.58 Å². The van der Waals surface area contributed by atoms with Gasteiger partial charge in [-0.25, -0.2) is 4.39 Å². The summed E-state index contributed by atoms with van der Waals surface area (Å²) >= 11 is 0. The molecular formula is C25H32FN2O+. The van der Waals surface area contributed by atoms with Crippen LogP contribution < -0.4 is 9.64 Å². The van der Waals surface area contributed by atoms with E-state index in [2.05, 4.69) is 74.6 Å². The molecule has 1 aliphatic rings. The van der Waals surface area contributed by atoms with Crippen LogP contribution >= 0.6 is 0 Å². The van der Waals surface area contributed by atoms with Crippen LogP contribution in [0.5, 0.6) is 5.75 Å². The molecule has 1 heterocycles. The molecule has 0 saturated heterocycles. The van der Waals surface area contributed by atoms with Crippen molar-refractivity contribution in [2.45, 2.75) is 39.5 Å². The molecule has 1 aliphatic heterocycles. The number of anilines is 1. The smallest absolute Gasteiger partial charge is 0.209 e. The summed E-state index contributed by atoms with van der Waals surface area (Å²) in [6, 6.07) is 11.4. The number of hydrogen-bond acceptors (Lipinski definition) is 2. The highest BCUT2D eigenvalue weighted by atomic mass is 19.1. The van der Waals surface area contributed by atoms with Gasteiger partial charge in [0, 0.05) is 48.1 Å². The lowest BCUT2D eigenvalue weighted by Gasteiger charge is -2.22. The molecule has 1 unspecified atom stereocenters. The lowest BCUT2D eigenvalue weighted by molar-refractivity contribution is -0.401. The lowest BCUT2D eigenvalue weighted by atomic mass is 9.77. The van der Waals surface area contributed by atoms with E-state index in [1.54, 1.807) is 13.2 Å². The molecule has 0 saturated carbocycles. The van der Waals surface area contributed by atoms with E-state index in [4.69, 9.17) is 4.74 Å². The normalized spacial score (nSPS) is 18.4. The third-order valence-electron chi connectivity index (χ3n) is 6.31. The molecule has 0 N–H and O–H groups in total. The first-order valence-corrected chi connectivity index (χ1v) is 10.4. The van der Waals surface area contributed by atoms with E-state index in [0.29, 0.717) is 0 Å². The molecule has 0 amide bonds. The number of methoxy groups -OCH3 is 1. The van der Waals surface area contributed by atoms with Crippen molar-refractivity contribution in [1.82, 2.24) is 0 Å². The fourth-order valence-corrected chi connectivity index (χ4v) is 4.34. The van der Waals surface area contributed by atoms with Gasteiger partial charge in [0.25, 0.3) is 0 Å². The predicted octanol–water partition coefficient (Wildman–Crippen LogP) is 5.79. The van der Waals surface area contributed by atoms with E-state index in [1.807, 2.05) is 6.07 Å². The summed E-state index contributed by atoms with van der Waals surface area (Å²) < 4.78 is 21.8. The summed E-state index contributed by atoms with van der Waals surface area (Å²) in [6.45, 7) is 10.6. The van der Waals surface area contributed by atoms with Crippen molar-refractivity contribution in [1.29, 1.82) is 0 Å². The van der Waals surface area contributed by atoms with E-state index in [0.717, 1.165) is 53.5 Å². The summed E-state index contributed by atoms with van der Waals surface area (Å²) in [6.07, 6.45) is 5.15. The molecule has 0 aromatic heterocycles. The average Bonchev–Trinajstić information content (AvgIpc) is 2.94. The molecule has 0 aliphatic carbocycles. The van der Waals surface area contributed by atoms with Crippen LogP contribution in [0.1, 0.15) is 45.2 Å². The van der Waals surface area contributed by atoms with Gasteiger partial charge in [0.15, 0.2) is 5.71 Å². The molecule has 29 heavy (non-hydrogen) atoms. The average molecular weight is 396 g/mol. The lowest BCUT2D eigenvalue weighted by Crippen LogP contribution is -2.29. The number of nitrogens with zero attached hydrogens (tertiary/aromatic N) is 2. The van der Waals surface area contributed by atoms with E-state index in [-0.39, 0.29) is 11.2 Å². The molecule has 154 valence electrons. The van der Waals surface area contributed by atoms with Gasteiger partial charge in [0.1, 0.15) is 18.6 Å². The maximum absolute atomic E-state index is 13.9. The van der Waals surface area contributed by atoms with Gasteiger partial charge in [-0.1, -0.05) is 6.92 Å². The van der Waals surface area contributed by atoms with Gasteiger partial charge in [-0.15, -0.1) is 0 Å². The van der Waals surface area contributed by atoms with Crippen molar-refractivity contribution in [2.24, 2.45) is 0 Å². The van der Waals surface area contributed by atoms with Crippen LogP contribution in [0.3, 0.4) is 0 Å². The van der Waals surface area contributed by atoms with Gasteiger partial charge >= 0.3 is 0 Å². The van der Waals surface area contributed by atoms with E-state index in [1.165, 1.54) is 6.07 Å². The minimum Gasteiger partial charge on any atom is -0.496 e. The fraction of sp³-hybridized carbons (Fsp3) is 0.400. The second-order valence-corrected chi connectivity index (χ2v) is 7.72. The second kappa shape index (κ2) is 8.40. The largest absolute Gasteiger partial charge is 0.496 e. The van der Waals surface area contributed by atoms with Crippen molar-refractivity contribution in [3.8, 4) is 5.75 Å². The summed E-state index contributed by atoms with van der Waals surface area (Å²) in [5.74, 6) is 0.671. The molecule has 4 heteroatoms. The molecule has 0 radical (unpaired) electrons. The molecule has 0 spiro atoms. The number of rotatable bonds is 7. The minimum absolute atomic E-state index is 0.185. The number of halogens is 1. The molecule has 3 nitrogen and oxygen atoms in total. The number of allylic oxidation sites excluding steroid dienone is 1. The van der Waals surface area contributed by atoms with Gasteiger partial charge in [-0.05, 0) is 57.5 Å². The highest BCUT2D eigenvalue weighted by molar-refractivity contribution is 6.05. The third kappa shape index (κ3) is 3.68. The molecule has 2 aromatic carbocycles. The van der Waals surface area contributed by atoms with Crippen molar-refractivity contribution >= 4 is 23.2 Å². The Balaban J connectivity index is 2.00. The number of ether oxygens (including phenoxy) is 1. The van der Waals surface area contributed by atoms with Crippen LogP contribution in [-0.4, -0.2) is 37.5 Å². The van der Waals surface area contributed by atoms with Crippen molar-refractivity contribution in [3.05, 3.63) is 59.4 Å². The van der Waals surface area contributed by atoms with Gasteiger partial charge in [0.05, 0.1) is 12.5 Å². The quantitative estimate of drug-likeness (QED) is 0.551. The van der Waals surface area contributed by atoms with Crippen LogP contribution in [0.2, 0.25) is 0 Å². The summed E-state index contributed by atoms with van der Waals surface area (Å²) in [7, 11) is 3.76. The van der Waals surface area contributed by atoms with E-state index < -0.39 is 0 Å². The zero-order valence-corrected chi connectivity index (χ0v) is 18.4. The monoisotopic (exact) mass is 395 g/mol. The SMILES string of the molecule is CCN(CC)c1ccc(/C=C/C2=[N+](C)c3ccc(F)cc3C2(C)CC)c(OC)c1. The molecular weight excluding hydrogens is 363 g/mol. The van der Waals surface area contributed by atoms with Crippen molar-refractivity contribution in [3.63, 3.8) is 0 Å². The number of fused-ring (bicyclic) bond motifs is 1. The highest BCUT2D eigenvalue weighted by Crippen LogP contribution is 2.42. The Labute approximate surface area is 174 Å². The Kier molecular flexibility index (Phi) is 6.11. The van der Waals surface area contributed by atoms with Crippen LogP contribution in [0.25, 0.3) is 6.08 Å². The number of hydrogen-bond donors (Lipinski definition) is 0. The van der Waals surface area contributed by atoms with Gasteiger partial charge < -0.3 is 9.64 Å². The Hall–Kier alpha value is -2.62. The Morgan fingerprint density at radius 1 is 1.07 bits per heavy atom. The Morgan fingerprint density at radius 2 is 1.79 bits per heavy atom. The Bertz CT molecular complexity index is 959.